The Morgan fingerprint density at radius 2 is 2.16 bits per heavy atom. The van der Waals surface area contributed by atoms with Crippen LogP contribution in [0.2, 0.25) is 5.02 Å². The van der Waals surface area contributed by atoms with Gasteiger partial charge in [-0.05, 0) is 18.6 Å². The van der Waals surface area contributed by atoms with Crippen LogP contribution in [0.15, 0.2) is 29.4 Å². The zero-order chi connectivity index (χ0) is 18.0. The molecular weight excluding hydrogens is 386 g/mol. The Labute approximate surface area is 154 Å². The first-order chi connectivity index (χ1) is 11.9. The number of halogens is 1. The largest absolute Gasteiger partial charge is 0.352 e. The SMILES string of the molecule is Nn1c(SCC(=O)NC2CCS(=O)(=O)C2)nnc1-c1ccccc1Cl. The van der Waals surface area contributed by atoms with E-state index >= 15 is 0 Å². The van der Waals surface area contributed by atoms with Gasteiger partial charge in [0.25, 0.3) is 0 Å². The summed E-state index contributed by atoms with van der Waals surface area (Å²) < 4.78 is 24.1. The molecule has 1 aliphatic rings. The quantitative estimate of drug-likeness (QED) is 0.559. The van der Waals surface area contributed by atoms with Gasteiger partial charge < -0.3 is 11.2 Å². The lowest BCUT2D eigenvalue weighted by Crippen LogP contribution is -2.36. The lowest BCUT2D eigenvalue weighted by atomic mass is 10.2. The molecule has 1 aromatic carbocycles. The van der Waals surface area contributed by atoms with Crippen LogP contribution < -0.4 is 11.2 Å². The molecule has 8 nitrogen and oxygen atoms in total. The number of aromatic nitrogens is 3. The molecular formula is C14H16ClN5O3S2. The van der Waals surface area contributed by atoms with Crippen LogP contribution in [-0.2, 0) is 14.6 Å². The Balaban J connectivity index is 1.61. The van der Waals surface area contributed by atoms with Crippen molar-refractivity contribution in [2.75, 3.05) is 23.1 Å². The number of rotatable bonds is 5. The average Bonchev–Trinajstić information content (AvgIpc) is 3.08. The van der Waals surface area contributed by atoms with Crippen molar-refractivity contribution in [3.05, 3.63) is 29.3 Å². The maximum Gasteiger partial charge on any atom is 0.230 e. The highest BCUT2D eigenvalue weighted by Gasteiger charge is 2.29. The van der Waals surface area contributed by atoms with Crippen LogP contribution in [-0.4, -0.2) is 52.5 Å². The number of thioether (sulfide) groups is 1. The summed E-state index contributed by atoms with van der Waals surface area (Å²) in [6.45, 7) is 0. The van der Waals surface area contributed by atoms with Crippen LogP contribution in [0.4, 0.5) is 0 Å². The second kappa shape index (κ2) is 7.22. The van der Waals surface area contributed by atoms with Crippen LogP contribution in [0.5, 0.6) is 0 Å². The van der Waals surface area contributed by atoms with E-state index in [2.05, 4.69) is 15.5 Å². The molecule has 134 valence electrons. The minimum absolute atomic E-state index is 0.00681. The van der Waals surface area contributed by atoms with Crippen LogP contribution in [0.3, 0.4) is 0 Å². The lowest BCUT2D eigenvalue weighted by molar-refractivity contribution is -0.119. The van der Waals surface area contributed by atoms with Gasteiger partial charge in [0.2, 0.25) is 11.1 Å². The lowest BCUT2D eigenvalue weighted by Gasteiger charge is -2.10. The number of nitrogen functional groups attached to an aromatic ring is 1. The first-order valence-corrected chi connectivity index (χ1v) is 10.6. The normalized spacial score (nSPS) is 19.0. The van der Waals surface area contributed by atoms with E-state index < -0.39 is 9.84 Å². The summed E-state index contributed by atoms with van der Waals surface area (Å²) in [4.78, 5) is 12.0. The third-order valence-corrected chi connectivity index (χ3v) is 6.75. The number of hydrogen-bond acceptors (Lipinski definition) is 7. The van der Waals surface area contributed by atoms with Gasteiger partial charge in [-0.2, -0.15) is 0 Å². The van der Waals surface area contributed by atoms with Crippen molar-refractivity contribution in [2.24, 2.45) is 0 Å². The van der Waals surface area contributed by atoms with Gasteiger partial charge in [-0.15, -0.1) is 10.2 Å². The molecule has 0 radical (unpaired) electrons. The molecule has 0 saturated carbocycles. The second-order valence-electron chi connectivity index (χ2n) is 5.61. The van der Waals surface area contributed by atoms with E-state index in [0.29, 0.717) is 28.0 Å². The minimum atomic E-state index is -3.03. The molecule has 1 aliphatic heterocycles. The number of carbonyl (C=O) groups is 1. The number of benzene rings is 1. The van der Waals surface area contributed by atoms with E-state index in [1.165, 1.54) is 4.68 Å². The van der Waals surface area contributed by atoms with E-state index in [0.717, 1.165) is 11.8 Å². The molecule has 1 fully saturated rings. The van der Waals surface area contributed by atoms with E-state index in [1.54, 1.807) is 18.2 Å². The Kier molecular flexibility index (Phi) is 5.21. The molecule has 25 heavy (non-hydrogen) atoms. The van der Waals surface area contributed by atoms with E-state index in [9.17, 15) is 13.2 Å². The molecule has 1 amide bonds. The fraction of sp³-hybridized carbons (Fsp3) is 0.357. The Bertz CT molecular complexity index is 900. The van der Waals surface area contributed by atoms with E-state index in [-0.39, 0.29) is 29.2 Å². The Morgan fingerprint density at radius 1 is 1.40 bits per heavy atom. The number of nitrogens with two attached hydrogens (primary N) is 1. The molecule has 1 aromatic heterocycles. The van der Waals surface area contributed by atoms with Crippen LogP contribution in [0.25, 0.3) is 11.4 Å². The van der Waals surface area contributed by atoms with Gasteiger partial charge in [-0.25, -0.2) is 13.1 Å². The fourth-order valence-electron chi connectivity index (χ4n) is 2.51. The fourth-order valence-corrected chi connectivity index (χ4v) is 5.07. The van der Waals surface area contributed by atoms with E-state index in [1.807, 2.05) is 6.07 Å². The van der Waals surface area contributed by atoms with Gasteiger partial charge in [0.05, 0.1) is 22.3 Å². The van der Waals surface area contributed by atoms with Crippen LogP contribution >= 0.6 is 23.4 Å². The monoisotopic (exact) mass is 401 g/mol. The molecule has 0 aliphatic carbocycles. The van der Waals surface area contributed by atoms with Crippen LogP contribution in [0.1, 0.15) is 6.42 Å². The number of sulfone groups is 1. The van der Waals surface area contributed by atoms with Crippen molar-refractivity contribution in [1.82, 2.24) is 20.2 Å². The van der Waals surface area contributed by atoms with Gasteiger partial charge >= 0.3 is 0 Å². The topological polar surface area (TPSA) is 120 Å². The van der Waals surface area contributed by atoms with Crippen molar-refractivity contribution < 1.29 is 13.2 Å². The third-order valence-electron chi connectivity index (χ3n) is 3.71. The van der Waals surface area contributed by atoms with Crippen molar-refractivity contribution in [2.45, 2.75) is 17.6 Å². The summed E-state index contributed by atoms with van der Waals surface area (Å²) in [7, 11) is -3.03. The zero-order valence-electron chi connectivity index (χ0n) is 13.1. The van der Waals surface area contributed by atoms with Crippen molar-refractivity contribution in [1.29, 1.82) is 0 Å². The maximum atomic E-state index is 12.0. The Hall–Kier alpha value is -1.78. The van der Waals surface area contributed by atoms with Crippen LogP contribution in [0, 0.1) is 0 Å². The standard InChI is InChI=1S/C14H16ClN5O3S2/c15-11-4-2-1-3-10(11)13-18-19-14(20(13)16)24-7-12(21)17-9-5-6-25(22,23)8-9/h1-4,9H,5-8,16H2,(H,17,21). The third kappa shape index (κ3) is 4.25. The van der Waals surface area contributed by atoms with Crippen molar-refractivity contribution >= 4 is 39.1 Å². The Morgan fingerprint density at radius 3 is 2.84 bits per heavy atom. The zero-order valence-corrected chi connectivity index (χ0v) is 15.4. The first-order valence-electron chi connectivity index (χ1n) is 7.44. The predicted molar refractivity (Wildman–Crippen MR) is 96.5 cm³/mol. The summed E-state index contributed by atoms with van der Waals surface area (Å²) in [6, 6.07) is 6.78. The highest BCUT2D eigenvalue weighted by molar-refractivity contribution is 7.99. The second-order valence-corrected chi connectivity index (χ2v) is 9.19. The molecule has 3 rings (SSSR count). The molecule has 2 aromatic rings. The van der Waals surface area contributed by atoms with E-state index in [4.69, 9.17) is 17.4 Å². The van der Waals surface area contributed by atoms with Gasteiger partial charge in [-0.3, -0.25) is 4.79 Å². The molecule has 0 bridgehead atoms. The molecule has 11 heteroatoms. The summed E-state index contributed by atoms with van der Waals surface area (Å²) in [5, 5.41) is 11.6. The minimum Gasteiger partial charge on any atom is -0.352 e. The van der Waals surface area contributed by atoms with Crippen molar-refractivity contribution in [3.8, 4) is 11.4 Å². The summed E-state index contributed by atoms with van der Waals surface area (Å²) in [6.07, 6.45) is 0.447. The molecule has 1 saturated heterocycles. The summed E-state index contributed by atoms with van der Waals surface area (Å²) >= 11 is 7.25. The number of amides is 1. The number of carbonyl (C=O) groups excluding carboxylic acids is 1. The number of nitrogens with one attached hydrogen (secondary N) is 1. The van der Waals surface area contributed by atoms with Gasteiger partial charge in [0.1, 0.15) is 0 Å². The smallest absolute Gasteiger partial charge is 0.230 e. The molecule has 0 spiro atoms. The average molecular weight is 402 g/mol. The number of hydrogen-bond donors (Lipinski definition) is 2. The summed E-state index contributed by atoms with van der Waals surface area (Å²) in [5.41, 5.74) is 0.645. The van der Waals surface area contributed by atoms with Crippen molar-refractivity contribution in [3.63, 3.8) is 0 Å². The maximum absolute atomic E-state index is 12.0. The van der Waals surface area contributed by atoms with Gasteiger partial charge in [0.15, 0.2) is 15.7 Å². The van der Waals surface area contributed by atoms with Gasteiger partial charge in [-0.1, -0.05) is 35.5 Å². The highest BCUT2D eigenvalue weighted by atomic mass is 35.5. The molecule has 2 heterocycles. The molecule has 1 atom stereocenters. The highest BCUT2D eigenvalue weighted by Crippen LogP contribution is 2.27. The number of nitrogens with zero attached hydrogens (tertiary/aromatic N) is 3. The molecule has 3 N–H and O–H groups in total. The first kappa shape index (κ1) is 18.0. The molecule has 1 unspecified atom stereocenters. The summed E-state index contributed by atoms with van der Waals surface area (Å²) in [5.74, 6) is 6.29. The van der Waals surface area contributed by atoms with Gasteiger partial charge in [0, 0.05) is 11.6 Å². The predicted octanol–water partition coefficient (Wildman–Crippen LogP) is 0.708.